The number of aromatic nitrogens is 3. The first-order chi connectivity index (χ1) is 11.6. The fourth-order valence-corrected chi connectivity index (χ4v) is 2.97. The minimum absolute atomic E-state index is 0.154. The Hall–Kier alpha value is -3.15. The van der Waals surface area contributed by atoms with Crippen molar-refractivity contribution in [1.82, 2.24) is 14.1 Å². The van der Waals surface area contributed by atoms with Gasteiger partial charge in [0.15, 0.2) is 0 Å². The number of pyridine rings is 1. The van der Waals surface area contributed by atoms with E-state index >= 15 is 0 Å². The molecule has 0 amide bonds. The number of imidazole rings is 1. The lowest BCUT2D eigenvalue weighted by Gasteiger charge is -2.09. The molecule has 3 aromatic heterocycles. The van der Waals surface area contributed by atoms with Crippen molar-refractivity contribution < 1.29 is 4.42 Å². The summed E-state index contributed by atoms with van der Waals surface area (Å²) in [6.07, 6.45) is 3.44. The maximum absolute atomic E-state index is 12.7. The zero-order valence-corrected chi connectivity index (χ0v) is 13.1. The van der Waals surface area contributed by atoms with Crippen LogP contribution >= 0.6 is 0 Å². The standard InChI is InChI=1S/C18H15N3O3/c1-12-10-16(22)24-15-6-7-20(18(23)17(12)15)8-9-21-11-19-13-4-2-3-5-14(13)21/h2-7,10-11H,8-9H2,1H3. The predicted molar refractivity (Wildman–Crippen MR) is 91.2 cm³/mol. The van der Waals surface area contributed by atoms with E-state index in [1.807, 2.05) is 28.8 Å². The Morgan fingerprint density at radius 3 is 2.75 bits per heavy atom. The van der Waals surface area contributed by atoms with E-state index in [9.17, 15) is 9.59 Å². The number of nitrogens with zero attached hydrogens (tertiary/aromatic N) is 3. The summed E-state index contributed by atoms with van der Waals surface area (Å²) >= 11 is 0. The Morgan fingerprint density at radius 2 is 1.88 bits per heavy atom. The van der Waals surface area contributed by atoms with Gasteiger partial charge >= 0.3 is 5.63 Å². The van der Waals surface area contributed by atoms with E-state index in [1.165, 1.54) is 6.07 Å². The highest BCUT2D eigenvalue weighted by atomic mass is 16.4. The highest BCUT2D eigenvalue weighted by molar-refractivity contribution is 5.78. The van der Waals surface area contributed by atoms with Crippen molar-refractivity contribution in [3.63, 3.8) is 0 Å². The highest BCUT2D eigenvalue weighted by Gasteiger charge is 2.09. The van der Waals surface area contributed by atoms with Gasteiger partial charge < -0.3 is 13.6 Å². The Kier molecular flexibility index (Phi) is 3.30. The van der Waals surface area contributed by atoms with Gasteiger partial charge in [-0.15, -0.1) is 0 Å². The van der Waals surface area contributed by atoms with Crippen LogP contribution in [-0.2, 0) is 13.1 Å². The van der Waals surface area contributed by atoms with Crippen molar-refractivity contribution in [2.24, 2.45) is 0 Å². The number of benzene rings is 1. The summed E-state index contributed by atoms with van der Waals surface area (Å²) in [5.74, 6) is 0. The van der Waals surface area contributed by atoms with Crippen LogP contribution in [0.25, 0.3) is 22.0 Å². The third-order valence-electron chi connectivity index (χ3n) is 4.18. The molecule has 3 heterocycles. The molecule has 0 spiro atoms. The summed E-state index contributed by atoms with van der Waals surface area (Å²) < 4.78 is 8.75. The zero-order valence-electron chi connectivity index (χ0n) is 13.1. The van der Waals surface area contributed by atoms with Gasteiger partial charge in [-0.05, 0) is 30.7 Å². The minimum atomic E-state index is -0.443. The summed E-state index contributed by atoms with van der Waals surface area (Å²) in [5.41, 5.74) is 2.33. The monoisotopic (exact) mass is 321 g/mol. The molecule has 0 aliphatic carbocycles. The fourth-order valence-electron chi connectivity index (χ4n) is 2.97. The maximum atomic E-state index is 12.7. The summed E-state index contributed by atoms with van der Waals surface area (Å²) in [5, 5.41) is 0.451. The van der Waals surface area contributed by atoms with Gasteiger partial charge in [0.25, 0.3) is 5.56 Å². The van der Waals surface area contributed by atoms with Gasteiger partial charge in [0.05, 0.1) is 22.7 Å². The third-order valence-corrected chi connectivity index (χ3v) is 4.18. The Morgan fingerprint density at radius 1 is 1.08 bits per heavy atom. The molecule has 0 saturated carbocycles. The van der Waals surface area contributed by atoms with Gasteiger partial charge in [-0.2, -0.15) is 0 Å². The molecule has 0 bridgehead atoms. The van der Waals surface area contributed by atoms with Crippen LogP contribution in [0, 0.1) is 6.92 Å². The van der Waals surface area contributed by atoms with Crippen LogP contribution in [0.4, 0.5) is 0 Å². The number of hydrogen-bond donors (Lipinski definition) is 0. The smallest absolute Gasteiger partial charge is 0.336 e. The van der Waals surface area contributed by atoms with E-state index in [0.29, 0.717) is 29.6 Å². The quantitative estimate of drug-likeness (QED) is 0.580. The molecular weight excluding hydrogens is 306 g/mol. The van der Waals surface area contributed by atoms with E-state index in [0.717, 1.165) is 11.0 Å². The lowest BCUT2D eigenvalue weighted by molar-refractivity contribution is 0.549. The van der Waals surface area contributed by atoms with Gasteiger partial charge in [-0.1, -0.05) is 12.1 Å². The van der Waals surface area contributed by atoms with E-state index in [2.05, 4.69) is 4.98 Å². The summed E-state index contributed by atoms with van der Waals surface area (Å²) in [6.45, 7) is 2.88. The molecule has 0 fully saturated rings. The van der Waals surface area contributed by atoms with E-state index in [1.54, 1.807) is 30.1 Å². The molecule has 0 unspecified atom stereocenters. The summed E-state index contributed by atoms with van der Waals surface area (Å²) in [4.78, 5) is 28.4. The van der Waals surface area contributed by atoms with Crippen molar-refractivity contribution in [3.05, 3.63) is 75.3 Å². The molecule has 0 saturated heterocycles. The van der Waals surface area contributed by atoms with Crippen molar-refractivity contribution in [2.45, 2.75) is 20.0 Å². The van der Waals surface area contributed by atoms with Crippen molar-refractivity contribution in [3.8, 4) is 0 Å². The van der Waals surface area contributed by atoms with Crippen molar-refractivity contribution >= 4 is 22.0 Å². The van der Waals surface area contributed by atoms with Gasteiger partial charge in [-0.25, -0.2) is 9.78 Å². The van der Waals surface area contributed by atoms with Crippen LogP contribution in [0.1, 0.15) is 5.56 Å². The van der Waals surface area contributed by atoms with Gasteiger partial charge in [0, 0.05) is 25.4 Å². The average Bonchev–Trinajstić information content (AvgIpc) is 2.97. The number of hydrogen-bond acceptors (Lipinski definition) is 4. The van der Waals surface area contributed by atoms with Crippen molar-refractivity contribution in [2.75, 3.05) is 0 Å². The number of fused-ring (bicyclic) bond motifs is 2. The number of aryl methyl sites for hydroxylation is 3. The molecule has 0 radical (unpaired) electrons. The predicted octanol–water partition coefficient (Wildman–Crippen LogP) is 2.31. The lowest BCUT2D eigenvalue weighted by Crippen LogP contribution is -2.23. The van der Waals surface area contributed by atoms with Crippen LogP contribution in [0.5, 0.6) is 0 Å². The molecule has 0 aliphatic heterocycles. The molecule has 0 N–H and O–H groups in total. The van der Waals surface area contributed by atoms with Gasteiger partial charge in [0.1, 0.15) is 5.58 Å². The molecule has 0 atom stereocenters. The molecule has 24 heavy (non-hydrogen) atoms. The first-order valence-corrected chi connectivity index (χ1v) is 7.67. The van der Waals surface area contributed by atoms with E-state index < -0.39 is 5.63 Å². The molecular formula is C18H15N3O3. The SMILES string of the molecule is Cc1cc(=O)oc2ccn(CCn3cnc4ccccc43)c(=O)c12. The molecule has 0 aliphatic rings. The first-order valence-electron chi connectivity index (χ1n) is 7.67. The summed E-state index contributed by atoms with van der Waals surface area (Å²) in [7, 11) is 0. The third kappa shape index (κ3) is 2.32. The summed E-state index contributed by atoms with van der Waals surface area (Å²) in [6, 6.07) is 10.9. The van der Waals surface area contributed by atoms with E-state index in [-0.39, 0.29) is 5.56 Å². The van der Waals surface area contributed by atoms with Crippen molar-refractivity contribution in [1.29, 1.82) is 0 Å². The molecule has 6 nitrogen and oxygen atoms in total. The number of para-hydroxylation sites is 2. The number of rotatable bonds is 3. The van der Waals surface area contributed by atoms with Crippen LogP contribution in [0.2, 0.25) is 0 Å². The Bertz CT molecular complexity index is 1170. The lowest BCUT2D eigenvalue weighted by atomic mass is 10.2. The first kappa shape index (κ1) is 14.4. The van der Waals surface area contributed by atoms with Gasteiger partial charge in [-0.3, -0.25) is 4.79 Å². The topological polar surface area (TPSA) is 70.0 Å². The molecule has 6 heteroatoms. The Labute approximate surface area is 136 Å². The fraction of sp³-hybridized carbons (Fsp3) is 0.167. The van der Waals surface area contributed by atoms with Crippen LogP contribution < -0.4 is 11.2 Å². The van der Waals surface area contributed by atoms with Crippen LogP contribution in [-0.4, -0.2) is 14.1 Å². The highest BCUT2D eigenvalue weighted by Crippen LogP contribution is 2.13. The van der Waals surface area contributed by atoms with Gasteiger partial charge in [0.2, 0.25) is 0 Å². The second kappa shape index (κ2) is 5.49. The molecule has 120 valence electrons. The minimum Gasteiger partial charge on any atom is -0.422 e. The second-order valence-corrected chi connectivity index (χ2v) is 5.73. The normalized spacial score (nSPS) is 11.4. The Balaban J connectivity index is 1.71. The zero-order chi connectivity index (χ0) is 16.7. The molecule has 4 aromatic rings. The second-order valence-electron chi connectivity index (χ2n) is 5.73. The molecule has 1 aromatic carbocycles. The molecule has 4 rings (SSSR count). The maximum Gasteiger partial charge on any atom is 0.336 e. The average molecular weight is 321 g/mol. The van der Waals surface area contributed by atoms with Crippen LogP contribution in [0.15, 0.2) is 62.9 Å². The largest absolute Gasteiger partial charge is 0.422 e. The van der Waals surface area contributed by atoms with E-state index in [4.69, 9.17) is 4.42 Å². The van der Waals surface area contributed by atoms with Crippen LogP contribution in [0.3, 0.4) is 0 Å².